The molecule has 0 radical (unpaired) electrons. The van der Waals surface area contributed by atoms with E-state index in [-0.39, 0.29) is 11.5 Å². The third-order valence-electron chi connectivity index (χ3n) is 2.26. The molecule has 1 atom stereocenters. The maximum absolute atomic E-state index is 12.3. The molecule has 19 heavy (non-hydrogen) atoms. The van der Waals surface area contributed by atoms with Gasteiger partial charge in [-0.1, -0.05) is 0 Å². The molecule has 1 aromatic carbocycles. The van der Waals surface area contributed by atoms with Crippen LogP contribution in [0.2, 0.25) is 0 Å². The molecule has 0 aliphatic rings. The number of methoxy groups -OCH3 is 1. The molecular formula is C11H14F3NO3S. The van der Waals surface area contributed by atoms with Crippen molar-refractivity contribution in [2.45, 2.75) is 24.0 Å². The van der Waals surface area contributed by atoms with Gasteiger partial charge >= 0.3 is 6.18 Å². The van der Waals surface area contributed by atoms with Gasteiger partial charge in [-0.05, 0) is 31.2 Å². The van der Waals surface area contributed by atoms with Gasteiger partial charge in [-0.3, -0.25) is 0 Å². The molecule has 0 heterocycles. The summed E-state index contributed by atoms with van der Waals surface area (Å²) >= 11 is 0. The number of nitrogens with one attached hydrogen (secondary N) is 1. The number of benzene rings is 1. The fourth-order valence-electron chi connectivity index (χ4n) is 1.44. The summed E-state index contributed by atoms with van der Waals surface area (Å²) in [6.07, 6.45) is -4.49. The Labute approximate surface area is 109 Å². The largest absolute Gasteiger partial charge is 0.416 e. The molecule has 0 spiro atoms. The van der Waals surface area contributed by atoms with Gasteiger partial charge in [-0.2, -0.15) is 13.2 Å². The third-order valence-corrected chi connectivity index (χ3v) is 3.87. The van der Waals surface area contributed by atoms with E-state index in [1.807, 2.05) is 0 Å². The van der Waals surface area contributed by atoms with E-state index in [0.717, 1.165) is 24.3 Å². The molecule has 4 nitrogen and oxygen atoms in total. The Kier molecular flexibility index (Phi) is 4.94. The van der Waals surface area contributed by atoms with Gasteiger partial charge < -0.3 is 4.74 Å². The van der Waals surface area contributed by atoms with Crippen molar-refractivity contribution in [3.05, 3.63) is 29.8 Å². The lowest BCUT2D eigenvalue weighted by molar-refractivity contribution is -0.137. The molecule has 108 valence electrons. The number of halogens is 3. The first kappa shape index (κ1) is 15.9. The van der Waals surface area contributed by atoms with E-state index in [4.69, 9.17) is 4.74 Å². The van der Waals surface area contributed by atoms with Crippen molar-refractivity contribution in [2.24, 2.45) is 0 Å². The first-order valence-electron chi connectivity index (χ1n) is 5.35. The highest BCUT2D eigenvalue weighted by molar-refractivity contribution is 7.89. The van der Waals surface area contributed by atoms with Crippen LogP contribution in [0.1, 0.15) is 12.5 Å². The van der Waals surface area contributed by atoms with Crippen LogP contribution in [-0.4, -0.2) is 28.2 Å². The molecular weight excluding hydrogens is 283 g/mol. The Morgan fingerprint density at radius 1 is 1.26 bits per heavy atom. The first-order valence-corrected chi connectivity index (χ1v) is 6.83. The monoisotopic (exact) mass is 297 g/mol. The van der Waals surface area contributed by atoms with Crippen LogP contribution in [0, 0.1) is 0 Å². The second-order valence-corrected chi connectivity index (χ2v) is 5.71. The summed E-state index contributed by atoms with van der Waals surface area (Å²) in [6, 6.07) is 2.83. The molecule has 0 fully saturated rings. The highest BCUT2D eigenvalue weighted by atomic mass is 32.2. The smallest absolute Gasteiger partial charge is 0.383 e. The van der Waals surface area contributed by atoms with Gasteiger partial charge in [-0.15, -0.1) is 0 Å². The number of alkyl halides is 3. The average molecular weight is 297 g/mol. The zero-order valence-electron chi connectivity index (χ0n) is 10.4. The maximum atomic E-state index is 12.3. The fraction of sp³-hybridized carbons (Fsp3) is 0.455. The molecule has 1 rings (SSSR count). The van der Waals surface area contributed by atoms with Gasteiger partial charge in [0, 0.05) is 13.2 Å². The van der Waals surface area contributed by atoms with E-state index in [0.29, 0.717) is 0 Å². The van der Waals surface area contributed by atoms with Crippen LogP contribution < -0.4 is 4.72 Å². The molecule has 0 bridgehead atoms. The Morgan fingerprint density at radius 3 is 2.21 bits per heavy atom. The van der Waals surface area contributed by atoms with E-state index in [2.05, 4.69) is 4.72 Å². The zero-order chi connectivity index (χ0) is 14.7. The Hall–Kier alpha value is -1.12. The molecule has 0 aromatic heterocycles. The van der Waals surface area contributed by atoms with E-state index < -0.39 is 27.8 Å². The van der Waals surface area contributed by atoms with Crippen molar-refractivity contribution in [3.63, 3.8) is 0 Å². The Balaban J connectivity index is 2.91. The van der Waals surface area contributed by atoms with Crippen LogP contribution in [-0.2, 0) is 20.9 Å². The van der Waals surface area contributed by atoms with Crippen LogP contribution in [0.15, 0.2) is 29.2 Å². The van der Waals surface area contributed by atoms with Crippen molar-refractivity contribution in [2.75, 3.05) is 13.7 Å². The minimum Gasteiger partial charge on any atom is -0.383 e. The lowest BCUT2D eigenvalue weighted by Crippen LogP contribution is -2.35. The third kappa shape index (κ3) is 4.48. The molecule has 0 aliphatic heterocycles. The minimum absolute atomic E-state index is 0.167. The Bertz CT molecular complexity index is 511. The molecule has 0 aliphatic carbocycles. The second-order valence-electron chi connectivity index (χ2n) is 4.00. The summed E-state index contributed by atoms with van der Waals surface area (Å²) in [5.41, 5.74) is -0.892. The summed E-state index contributed by atoms with van der Waals surface area (Å²) < 4.78 is 67.8. The normalized spacial score (nSPS) is 14.4. The Morgan fingerprint density at radius 2 is 1.79 bits per heavy atom. The quantitative estimate of drug-likeness (QED) is 0.904. The van der Waals surface area contributed by atoms with Crippen molar-refractivity contribution in [3.8, 4) is 0 Å². The molecule has 8 heteroatoms. The predicted octanol–water partition coefficient (Wildman–Crippen LogP) is 2.02. The van der Waals surface area contributed by atoms with Crippen LogP contribution in [0.25, 0.3) is 0 Å². The van der Waals surface area contributed by atoms with Crippen LogP contribution >= 0.6 is 0 Å². The standard InChI is InChI=1S/C11H14F3NO3S/c1-8(7-18-2)15-19(16,17)10-5-3-9(4-6-10)11(12,13)14/h3-6,8,15H,7H2,1-2H3. The number of hydrogen-bond acceptors (Lipinski definition) is 3. The molecule has 0 saturated heterocycles. The summed E-state index contributed by atoms with van der Waals surface area (Å²) in [5.74, 6) is 0. The fourth-order valence-corrected chi connectivity index (χ4v) is 2.67. The molecule has 1 N–H and O–H groups in total. The second kappa shape index (κ2) is 5.89. The predicted molar refractivity (Wildman–Crippen MR) is 63.1 cm³/mol. The number of ether oxygens (including phenoxy) is 1. The molecule has 0 saturated carbocycles. The van der Waals surface area contributed by atoms with E-state index in [1.165, 1.54) is 7.11 Å². The van der Waals surface area contributed by atoms with E-state index in [1.54, 1.807) is 6.92 Å². The van der Waals surface area contributed by atoms with E-state index >= 15 is 0 Å². The lowest BCUT2D eigenvalue weighted by atomic mass is 10.2. The van der Waals surface area contributed by atoms with Gasteiger partial charge in [0.2, 0.25) is 10.0 Å². The zero-order valence-corrected chi connectivity index (χ0v) is 11.2. The van der Waals surface area contributed by atoms with Crippen molar-refractivity contribution in [1.29, 1.82) is 0 Å². The van der Waals surface area contributed by atoms with Crippen molar-refractivity contribution in [1.82, 2.24) is 4.72 Å². The van der Waals surface area contributed by atoms with Gasteiger partial charge in [0.1, 0.15) is 0 Å². The van der Waals surface area contributed by atoms with Crippen molar-refractivity contribution >= 4 is 10.0 Å². The summed E-state index contributed by atoms with van der Waals surface area (Å²) in [4.78, 5) is -0.219. The van der Waals surface area contributed by atoms with Gasteiger partial charge in [0.25, 0.3) is 0 Å². The topological polar surface area (TPSA) is 55.4 Å². The van der Waals surface area contributed by atoms with Crippen LogP contribution in [0.3, 0.4) is 0 Å². The lowest BCUT2D eigenvalue weighted by Gasteiger charge is -2.13. The molecule has 0 amide bonds. The van der Waals surface area contributed by atoms with Gasteiger partial charge in [0.05, 0.1) is 17.1 Å². The number of hydrogen-bond donors (Lipinski definition) is 1. The SMILES string of the molecule is COCC(C)NS(=O)(=O)c1ccc(C(F)(F)F)cc1. The van der Waals surface area contributed by atoms with Gasteiger partial charge in [0.15, 0.2) is 0 Å². The number of rotatable bonds is 5. The maximum Gasteiger partial charge on any atom is 0.416 e. The highest BCUT2D eigenvalue weighted by Gasteiger charge is 2.30. The van der Waals surface area contributed by atoms with Crippen LogP contribution in [0.4, 0.5) is 13.2 Å². The van der Waals surface area contributed by atoms with Crippen molar-refractivity contribution < 1.29 is 26.3 Å². The highest BCUT2D eigenvalue weighted by Crippen LogP contribution is 2.29. The molecule has 1 unspecified atom stereocenters. The minimum atomic E-state index is -4.49. The summed E-state index contributed by atoms with van der Waals surface area (Å²) in [5, 5.41) is 0. The summed E-state index contributed by atoms with van der Waals surface area (Å²) in [7, 11) is -2.42. The van der Waals surface area contributed by atoms with Gasteiger partial charge in [-0.25, -0.2) is 13.1 Å². The van der Waals surface area contributed by atoms with E-state index in [9.17, 15) is 21.6 Å². The first-order chi connectivity index (χ1) is 8.66. The molecule has 1 aromatic rings. The van der Waals surface area contributed by atoms with Crippen LogP contribution in [0.5, 0.6) is 0 Å². The summed E-state index contributed by atoms with van der Waals surface area (Å²) in [6.45, 7) is 1.75. The average Bonchev–Trinajstić information content (AvgIpc) is 2.27. The number of sulfonamides is 1.